The quantitative estimate of drug-likeness (QED) is 0.728. The lowest BCUT2D eigenvalue weighted by molar-refractivity contribution is 0.556. The zero-order chi connectivity index (χ0) is 12.0. The first kappa shape index (κ1) is 13.2. The van der Waals surface area contributed by atoms with Gasteiger partial charge < -0.3 is 5.32 Å². The van der Waals surface area contributed by atoms with Crippen molar-refractivity contribution in [3.63, 3.8) is 0 Å². The van der Waals surface area contributed by atoms with Crippen LogP contribution in [-0.4, -0.2) is 12.6 Å². The van der Waals surface area contributed by atoms with Crippen LogP contribution >= 0.6 is 0 Å². The van der Waals surface area contributed by atoms with Gasteiger partial charge in [-0.1, -0.05) is 19.9 Å². The van der Waals surface area contributed by atoms with Gasteiger partial charge in [0.2, 0.25) is 0 Å². The second-order valence-corrected chi connectivity index (χ2v) is 4.64. The van der Waals surface area contributed by atoms with Crippen LogP contribution in [0.5, 0.6) is 0 Å². The van der Waals surface area contributed by atoms with Gasteiger partial charge in [-0.3, -0.25) is 0 Å². The molecule has 0 saturated carbocycles. The fourth-order valence-corrected chi connectivity index (χ4v) is 1.74. The van der Waals surface area contributed by atoms with Gasteiger partial charge in [-0.2, -0.15) is 0 Å². The van der Waals surface area contributed by atoms with Crippen LogP contribution < -0.4 is 5.32 Å². The van der Waals surface area contributed by atoms with Crippen LogP contribution in [0.25, 0.3) is 0 Å². The Morgan fingerprint density at radius 2 is 2.00 bits per heavy atom. The van der Waals surface area contributed by atoms with E-state index >= 15 is 0 Å². The van der Waals surface area contributed by atoms with Crippen LogP contribution in [0, 0.1) is 12.7 Å². The summed E-state index contributed by atoms with van der Waals surface area (Å²) in [6, 6.07) is 5.59. The molecule has 1 aromatic carbocycles. The van der Waals surface area contributed by atoms with E-state index in [4.69, 9.17) is 0 Å². The van der Waals surface area contributed by atoms with Gasteiger partial charge in [0, 0.05) is 6.04 Å². The fourth-order valence-electron chi connectivity index (χ4n) is 1.74. The van der Waals surface area contributed by atoms with Crippen LogP contribution in [0.3, 0.4) is 0 Å². The maximum atomic E-state index is 13.0. The molecule has 1 rings (SSSR count). The molecule has 0 atom stereocenters. The number of hydrogen-bond donors (Lipinski definition) is 1. The molecule has 0 heterocycles. The summed E-state index contributed by atoms with van der Waals surface area (Å²) in [5, 5.41) is 3.38. The first-order chi connectivity index (χ1) is 7.59. The van der Waals surface area contributed by atoms with Crippen molar-refractivity contribution in [2.75, 3.05) is 6.54 Å². The van der Waals surface area contributed by atoms with Crippen molar-refractivity contribution in [3.8, 4) is 0 Å². The van der Waals surface area contributed by atoms with E-state index < -0.39 is 0 Å². The van der Waals surface area contributed by atoms with Gasteiger partial charge in [0.25, 0.3) is 0 Å². The van der Waals surface area contributed by atoms with Crippen molar-refractivity contribution in [1.29, 1.82) is 0 Å². The molecular weight excluding hydrogens is 201 g/mol. The Morgan fingerprint density at radius 3 is 2.69 bits per heavy atom. The average Bonchev–Trinajstić information content (AvgIpc) is 2.22. The molecule has 0 fully saturated rings. The molecule has 1 nitrogen and oxygen atoms in total. The summed E-state index contributed by atoms with van der Waals surface area (Å²) in [6.45, 7) is 7.39. The van der Waals surface area contributed by atoms with Crippen molar-refractivity contribution in [2.45, 2.75) is 46.1 Å². The van der Waals surface area contributed by atoms with E-state index in [0.717, 1.165) is 31.4 Å². The van der Waals surface area contributed by atoms with E-state index in [0.29, 0.717) is 6.04 Å². The van der Waals surface area contributed by atoms with Gasteiger partial charge in [-0.15, -0.1) is 0 Å². The molecule has 0 aromatic heterocycles. The van der Waals surface area contributed by atoms with E-state index in [2.05, 4.69) is 19.2 Å². The molecule has 0 amide bonds. The number of unbranched alkanes of at least 4 members (excludes halogenated alkanes) is 1. The smallest absolute Gasteiger partial charge is 0.123 e. The van der Waals surface area contributed by atoms with E-state index in [1.807, 2.05) is 13.0 Å². The van der Waals surface area contributed by atoms with Crippen LogP contribution in [0.15, 0.2) is 18.2 Å². The minimum atomic E-state index is -0.124. The number of halogens is 1. The Morgan fingerprint density at radius 1 is 1.25 bits per heavy atom. The van der Waals surface area contributed by atoms with E-state index in [1.165, 1.54) is 11.6 Å². The molecule has 0 radical (unpaired) electrons. The van der Waals surface area contributed by atoms with E-state index in [1.54, 1.807) is 6.07 Å². The Balaban J connectivity index is 2.29. The Hall–Kier alpha value is -0.890. The minimum absolute atomic E-state index is 0.124. The number of hydrogen-bond acceptors (Lipinski definition) is 1. The Labute approximate surface area is 98.1 Å². The SMILES string of the molecule is Cc1ccc(F)cc1CCCCNC(C)C. The third kappa shape index (κ3) is 4.75. The normalized spacial score (nSPS) is 11.1. The molecule has 1 N–H and O–H groups in total. The number of nitrogens with one attached hydrogen (secondary N) is 1. The van der Waals surface area contributed by atoms with E-state index in [-0.39, 0.29) is 5.82 Å². The van der Waals surface area contributed by atoms with Gasteiger partial charge in [-0.05, 0) is 56.0 Å². The molecular formula is C14H22FN. The van der Waals surface area contributed by atoms with Gasteiger partial charge in [-0.25, -0.2) is 4.39 Å². The third-order valence-electron chi connectivity index (χ3n) is 2.74. The lowest BCUT2D eigenvalue weighted by Crippen LogP contribution is -2.23. The first-order valence-electron chi connectivity index (χ1n) is 6.08. The van der Waals surface area contributed by atoms with Crippen molar-refractivity contribution < 1.29 is 4.39 Å². The Bertz CT molecular complexity index is 321. The second kappa shape index (κ2) is 6.64. The molecule has 0 aliphatic carbocycles. The molecule has 1 aromatic rings. The average molecular weight is 223 g/mol. The summed E-state index contributed by atoms with van der Waals surface area (Å²) in [5.41, 5.74) is 2.34. The van der Waals surface area contributed by atoms with E-state index in [9.17, 15) is 4.39 Å². The number of rotatable bonds is 6. The standard InChI is InChI=1S/C14H22FN/c1-11(2)16-9-5-4-6-13-10-14(15)8-7-12(13)3/h7-8,10-11,16H,4-6,9H2,1-3H3. The minimum Gasteiger partial charge on any atom is -0.315 e. The molecule has 0 unspecified atom stereocenters. The lowest BCUT2D eigenvalue weighted by Gasteiger charge is -2.08. The molecule has 2 heteroatoms. The van der Waals surface area contributed by atoms with Gasteiger partial charge in [0.1, 0.15) is 5.82 Å². The van der Waals surface area contributed by atoms with Crippen molar-refractivity contribution in [2.24, 2.45) is 0 Å². The highest BCUT2D eigenvalue weighted by atomic mass is 19.1. The summed E-state index contributed by atoms with van der Waals surface area (Å²) >= 11 is 0. The molecule has 0 aliphatic heterocycles. The highest BCUT2D eigenvalue weighted by Gasteiger charge is 2.00. The molecule has 0 aliphatic rings. The maximum Gasteiger partial charge on any atom is 0.123 e. The van der Waals surface area contributed by atoms with Crippen LogP contribution in [0.2, 0.25) is 0 Å². The predicted molar refractivity (Wildman–Crippen MR) is 67.2 cm³/mol. The zero-order valence-electron chi connectivity index (χ0n) is 10.5. The number of benzene rings is 1. The van der Waals surface area contributed by atoms with Crippen LogP contribution in [-0.2, 0) is 6.42 Å². The van der Waals surface area contributed by atoms with Gasteiger partial charge in [0.15, 0.2) is 0 Å². The zero-order valence-corrected chi connectivity index (χ0v) is 10.5. The highest BCUT2D eigenvalue weighted by molar-refractivity contribution is 5.26. The molecule has 16 heavy (non-hydrogen) atoms. The molecule has 0 saturated heterocycles. The molecule has 0 spiro atoms. The van der Waals surface area contributed by atoms with Gasteiger partial charge >= 0.3 is 0 Å². The summed E-state index contributed by atoms with van der Waals surface area (Å²) in [5.74, 6) is -0.124. The molecule has 0 bridgehead atoms. The lowest BCUT2D eigenvalue weighted by atomic mass is 10.0. The van der Waals surface area contributed by atoms with Crippen LogP contribution in [0.4, 0.5) is 4.39 Å². The topological polar surface area (TPSA) is 12.0 Å². The largest absolute Gasteiger partial charge is 0.315 e. The maximum absolute atomic E-state index is 13.0. The van der Waals surface area contributed by atoms with Crippen LogP contribution in [0.1, 0.15) is 37.8 Å². The monoisotopic (exact) mass is 223 g/mol. The highest BCUT2D eigenvalue weighted by Crippen LogP contribution is 2.12. The summed E-state index contributed by atoms with van der Waals surface area (Å²) < 4.78 is 13.0. The first-order valence-corrected chi connectivity index (χ1v) is 6.08. The van der Waals surface area contributed by atoms with Crippen molar-refractivity contribution >= 4 is 0 Å². The Kier molecular flexibility index (Phi) is 5.47. The predicted octanol–water partition coefficient (Wildman–Crippen LogP) is 3.45. The summed E-state index contributed by atoms with van der Waals surface area (Å²) in [6.07, 6.45) is 3.24. The third-order valence-corrected chi connectivity index (χ3v) is 2.74. The summed E-state index contributed by atoms with van der Waals surface area (Å²) in [7, 11) is 0. The fraction of sp³-hybridized carbons (Fsp3) is 0.571. The molecule has 90 valence electrons. The summed E-state index contributed by atoms with van der Waals surface area (Å²) in [4.78, 5) is 0. The second-order valence-electron chi connectivity index (χ2n) is 4.64. The van der Waals surface area contributed by atoms with Crippen molar-refractivity contribution in [3.05, 3.63) is 35.1 Å². The van der Waals surface area contributed by atoms with Crippen molar-refractivity contribution in [1.82, 2.24) is 5.32 Å². The van der Waals surface area contributed by atoms with Gasteiger partial charge in [0.05, 0.1) is 0 Å². The number of aryl methyl sites for hydroxylation is 2.